The summed E-state index contributed by atoms with van der Waals surface area (Å²) in [5.41, 5.74) is 2.71. The van der Waals surface area contributed by atoms with E-state index in [2.05, 4.69) is 16.0 Å². The van der Waals surface area contributed by atoms with Crippen molar-refractivity contribution in [3.63, 3.8) is 0 Å². The molecular formula is C19H25N3O2S. The van der Waals surface area contributed by atoms with Crippen molar-refractivity contribution in [1.29, 1.82) is 0 Å². The normalized spacial score (nSPS) is 17.8. The molecule has 1 fully saturated rings. The summed E-state index contributed by atoms with van der Waals surface area (Å²) in [4.78, 5) is 23.0. The molecule has 0 saturated carbocycles. The van der Waals surface area contributed by atoms with E-state index < -0.39 is 5.60 Å². The number of likely N-dealkylation sites (tertiary alicyclic amines) is 1. The Kier molecular flexibility index (Phi) is 5.08. The minimum atomic E-state index is -0.441. The molecule has 25 heavy (non-hydrogen) atoms. The van der Waals surface area contributed by atoms with Crippen molar-refractivity contribution in [2.24, 2.45) is 5.92 Å². The first-order chi connectivity index (χ1) is 11.8. The van der Waals surface area contributed by atoms with Gasteiger partial charge in [0.2, 0.25) is 0 Å². The molecule has 1 aliphatic heterocycles. The SMILES string of the molecule is Cc1csc(-c2ccc(C[C@H]3CCN(C(=O)OC(C)(C)C)C3)cn2)n1. The zero-order valence-corrected chi connectivity index (χ0v) is 16.1. The van der Waals surface area contributed by atoms with Crippen molar-refractivity contribution >= 4 is 17.4 Å². The van der Waals surface area contributed by atoms with E-state index >= 15 is 0 Å². The van der Waals surface area contributed by atoms with Gasteiger partial charge in [-0.05, 0) is 58.1 Å². The minimum absolute atomic E-state index is 0.206. The fourth-order valence-corrected chi connectivity index (χ4v) is 3.74. The molecule has 3 rings (SSSR count). The third-order valence-corrected chi connectivity index (χ3v) is 5.11. The third-order valence-electron chi connectivity index (χ3n) is 4.12. The maximum Gasteiger partial charge on any atom is 0.410 e. The van der Waals surface area contributed by atoms with Crippen molar-refractivity contribution in [3.8, 4) is 10.7 Å². The first kappa shape index (κ1) is 17.9. The lowest BCUT2D eigenvalue weighted by molar-refractivity contribution is 0.0288. The van der Waals surface area contributed by atoms with Crippen LogP contribution in [0.2, 0.25) is 0 Å². The Morgan fingerprint density at radius 1 is 1.40 bits per heavy atom. The number of amides is 1. The Hall–Kier alpha value is -1.95. The number of carbonyl (C=O) groups excluding carboxylic acids is 1. The smallest absolute Gasteiger partial charge is 0.410 e. The second kappa shape index (κ2) is 7.12. The van der Waals surface area contributed by atoms with E-state index in [1.165, 1.54) is 5.56 Å². The zero-order chi connectivity index (χ0) is 18.0. The molecule has 0 aliphatic carbocycles. The summed E-state index contributed by atoms with van der Waals surface area (Å²) in [7, 11) is 0. The molecule has 5 nitrogen and oxygen atoms in total. The molecule has 1 amide bonds. The summed E-state index contributed by atoms with van der Waals surface area (Å²) in [6.45, 7) is 9.21. The molecule has 2 aromatic rings. The van der Waals surface area contributed by atoms with E-state index in [0.717, 1.165) is 42.3 Å². The Morgan fingerprint density at radius 3 is 2.80 bits per heavy atom. The van der Waals surface area contributed by atoms with E-state index in [1.54, 1.807) is 11.3 Å². The molecule has 1 saturated heterocycles. The highest BCUT2D eigenvalue weighted by Crippen LogP contribution is 2.25. The van der Waals surface area contributed by atoms with Crippen LogP contribution in [0.1, 0.15) is 38.4 Å². The Bertz CT molecular complexity index is 734. The molecule has 2 aromatic heterocycles. The van der Waals surface area contributed by atoms with Gasteiger partial charge >= 0.3 is 6.09 Å². The Labute approximate surface area is 153 Å². The van der Waals surface area contributed by atoms with Gasteiger partial charge in [-0.1, -0.05) is 6.07 Å². The number of hydrogen-bond acceptors (Lipinski definition) is 5. The topological polar surface area (TPSA) is 55.3 Å². The predicted octanol–water partition coefficient (Wildman–Crippen LogP) is 4.31. The molecular weight excluding hydrogens is 334 g/mol. The molecule has 6 heteroatoms. The van der Waals surface area contributed by atoms with Gasteiger partial charge in [0.1, 0.15) is 10.6 Å². The second-order valence-corrected chi connectivity index (χ2v) is 8.49. The van der Waals surface area contributed by atoms with Crippen molar-refractivity contribution in [1.82, 2.24) is 14.9 Å². The number of aryl methyl sites for hydroxylation is 1. The van der Waals surface area contributed by atoms with Gasteiger partial charge in [-0.2, -0.15) is 0 Å². The van der Waals surface area contributed by atoms with Gasteiger partial charge in [0.05, 0.1) is 5.69 Å². The summed E-state index contributed by atoms with van der Waals surface area (Å²) < 4.78 is 5.46. The minimum Gasteiger partial charge on any atom is -0.444 e. The van der Waals surface area contributed by atoms with Crippen molar-refractivity contribution in [2.75, 3.05) is 13.1 Å². The maximum absolute atomic E-state index is 12.1. The number of hydrogen-bond donors (Lipinski definition) is 0. The van der Waals surface area contributed by atoms with Crippen LogP contribution >= 0.6 is 11.3 Å². The first-order valence-corrected chi connectivity index (χ1v) is 9.53. The summed E-state index contributed by atoms with van der Waals surface area (Å²) in [5, 5.41) is 3.00. The number of thiazole rings is 1. The van der Waals surface area contributed by atoms with E-state index in [1.807, 2.05) is 50.2 Å². The van der Waals surface area contributed by atoms with Gasteiger partial charge < -0.3 is 9.64 Å². The molecule has 1 atom stereocenters. The van der Waals surface area contributed by atoms with Crippen LogP contribution in [-0.4, -0.2) is 39.7 Å². The van der Waals surface area contributed by atoms with Gasteiger partial charge in [-0.25, -0.2) is 9.78 Å². The lowest BCUT2D eigenvalue weighted by Gasteiger charge is -2.24. The summed E-state index contributed by atoms with van der Waals surface area (Å²) in [5.74, 6) is 0.460. The van der Waals surface area contributed by atoms with E-state index in [4.69, 9.17) is 4.74 Å². The monoisotopic (exact) mass is 359 g/mol. The number of pyridine rings is 1. The van der Waals surface area contributed by atoms with Crippen LogP contribution in [0.4, 0.5) is 4.79 Å². The molecule has 0 bridgehead atoms. The lowest BCUT2D eigenvalue weighted by Crippen LogP contribution is -2.35. The highest BCUT2D eigenvalue weighted by Gasteiger charge is 2.29. The Balaban J connectivity index is 1.56. The van der Waals surface area contributed by atoms with Crippen LogP contribution < -0.4 is 0 Å². The largest absolute Gasteiger partial charge is 0.444 e. The highest BCUT2D eigenvalue weighted by molar-refractivity contribution is 7.13. The zero-order valence-electron chi connectivity index (χ0n) is 15.3. The van der Waals surface area contributed by atoms with Gasteiger partial charge in [-0.3, -0.25) is 4.98 Å². The van der Waals surface area contributed by atoms with E-state index in [9.17, 15) is 4.79 Å². The van der Waals surface area contributed by atoms with Crippen LogP contribution in [0, 0.1) is 12.8 Å². The van der Waals surface area contributed by atoms with Crippen LogP contribution in [-0.2, 0) is 11.2 Å². The molecule has 0 aromatic carbocycles. The van der Waals surface area contributed by atoms with Crippen LogP contribution in [0.15, 0.2) is 23.7 Å². The summed E-state index contributed by atoms with van der Waals surface area (Å²) in [6, 6.07) is 4.16. The molecule has 3 heterocycles. The van der Waals surface area contributed by atoms with Crippen LogP contribution in [0.3, 0.4) is 0 Å². The molecule has 0 unspecified atom stereocenters. The van der Waals surface area contributed by atoms with E-state index in [0.29, 0.717) is 5.92 Å². The van der Waals surface area contributed by atoms with Gasteiger partial charge in [0.25, 0.3) is 0 Å². The van der Waals surface area contributed by atoms with Gasteiger partial charge in [0.15, 0.2) is 0 Å². The molecule has 134 valence electrons. The number of carbonyl (C=O) groups is 1. The van der Waals surface area contributed by atoms with Crippen molar-refractivity contribution < 1.29 is 9.53 Å². The summed E-state index contributed by atoms with van der Waals surface area (Å²) in [6.07, 6.45) is 3.67. The molecule has 0 radical (unpaired) electrons. The number of rotatable bonds is 3. The van der Waals surface area contributed by atoms with Crippen molar-refractivity contribution in [3.05, 3.63) is 35.0 Å². The van der Waals surface area contributed by atoms with Gasteiger partial charge in [0, 0.05) is 30.4 Å². The van der Waals surface area contributed by atoms with E-state index in [-0.39, 0.29) is 6.09 Å². The standard InChI is InChI=1S/C19H25N3O2S/c1-13-12-25-17(21-13)16-6-5-14(10-20-16)9-15-7-8-22(11-15)18(23)24-19(2,3)4/h5-6,10,12,15H,7-9,11H2,1-4H3/t15-/m1/s1. The average molecular weight is 359 g/mol. The predicted molar refractivity (Wildman–Crippen MR) is 99.7 cm³/mol. The lowest BCUT2D eigenvalue weighted by atomic mass is 10.00. The Morgan fingerprint density at radius 2 is 2.20 bits per heavy atom. The molecule has 0 N–H and O–H groups in total. The maximum atomic E-state index is 12.1. The average Bonchev–Trinajstić information content (AvgIpc) is 3.16. The van der Waals surface area contributed by atoms with Crippen LogP contribution in [0.5, 0.6) is 0 Å². The molecule has 0 spiro atoms. The fourth-order valence-electron chi connectivity index (χ4n) is 2.97. The number of ether oxygens (including phenoxy) is 1. The third kappa shape index (κ3) is 4.78. The highest BCUT2D eigenvalue weighted by atomic mass is 32.1. The number of nitrogens with zero attached hydrogens (tertiary/aromatic N) is 3. The number of aromatic nitrogens is 2. The van der Waals surface area contributed by atoms with Crippen molar-refractivity contribution in [2.45, 2.75) is 46.1 Å². The quantitative estimate of drug-likeness (QED) is 0.819. The first-order valence-electron chi connectivity index (χ1n) is 8.65. The van der Waals surface area contributed by atoms with Gasteiger partial charge in [-0.15, -0.1) is 11.3 Å². The second-order valence-electron chi connectivity index (χ2n) is 7.63. The molecule has 1 aliphatic rings. The summed E-state index contributed by atoms with van der Waals surface area (Å²) >= 11 is 1.62. The fraction of sp³-hybridized carbons (Fsp3) is 0.526. The van der Waals surface area contributed by atoms with Crippen LogP contribution in [0.25, 0.3) is 10.7 Å².